The van der Waals surface area contributed by atoms with Crippen molar-refractivity contribution in [3.63, 3.8) is 0 Å². The zero-order chi connectivity index (χ0) is 15.8. The van der Waals surface area contributed by atoms with Crippen LogP contribution in [0, 0.1) is 5.92 Å². The number of aromatic carboxylic acids is 1. The van der Waals surface area contributed by atoms with Crippen molar-refractivity contribution in [2.24, 2.45) is 5.92 Å². The first-order chi connectivity index (χ1) is 9.73. The number of piperidine rings is 1. The minimum absolute atomic E-state index is 0.0296. The lowest BCUT2D eigenvalue weighted by molar-refractivity contribution is 0.0605. The summed E-state index contributed by atoms with van der Waals surface area (Å²) in [7, 11) is -3.79. The molecule has 0 aliphatic carbocycles. The van der Waals surface area contributed by atoms with Gasteiger partial charge in [-0.3, -0.25) is 0 Å². The van der Waals surface area contributed by atoms with Crippen molar-refractivity contribution in [3.05, 3.63) is 28.8 Å². The number of nitrogens with zero attached hydrogens (tertiary/aromatic N) is 1. The number of sulfonamides is 1. The maximum Gasteiger partial charge on any atom is 0.337 e. The molecule has 0 spiro atoms. The molecule has 2 unspecified atom stereocenters. The molecule has 8 heteroatoms. The highest BCUT2D eigenvalue weighted by atomic mass is 35.5. The first kappa shape index (κ1) is 16.2. The summed E-state index contributed by atoms with van der Waals surface area (Å²) in [4.78, 5) is 10.8. The van der Waals surface area contributed by atoms with Gasteiger partial charge in [-0.1, -0.05) is 18.5 Å². The van der Waals surface area contributed by atoms with Crippen molar-refractivity contribution in [2.45, 2.75) is 24.3 Å². The van der Waals surface area contributed by atoms with E-state index in [9.17, 15) is 18.3 Å². The molecule has 1 aromatic carbocycles. The number of aliphatic hydroxyl groups excluding tert-OH is 1. The minimum atomic E-state index is -3.79. The molecule has 1 aliphatic heterocycles. The van der Waals surface area contributed by atoms with Crippen molar-refractivity contribution in [3.8, 4) is 0 Å². The monoisotopic (exact) mass is 333 g/mol. The van der Waals surface area contributed by atoms with Crippen LogP contribution in [0.15, 0.2) is 23.1 Å². The number of hydrogen-bond donors (Lipinski definition) is 2. The molecule has 1 heterocycles. The number of halogens is 1. The highest BCUT2D eigenvalue weighted by Crippen LogP contribution is 2.27. The Kier molecular flexibility index (Phi) is 4.57. The molecule has 116 valence electrons. The molecule has 2 rings (SSSR count). The standard InChI is InChI=1S/C13H16ClNO5S/c1-8-4-5-15(7-12(8)16)21(19,20)9-2-3-10(13(17)18)11(14)6-9/h2-3,6,8,12,16H,4-5,7H2,1H3,(H,17,18). The zero-order valence-corrected chi connectivity index (χ0v) is 12.9. The number of carbonyl (C=O) groups is 1. The van der Waals surface area contributed by atoms with E-state index in [1.807, 2.05) is 6.92 Å². The van der Waals surface area contributed by atoms with Crippen molar-refractivity contribution in [1.82, 2.24) is 4.31 Å². The predicted molar refractivity (Wildman–Crippen MR) is 77.0 cm³/mol. The third kappa shape index (κ3) is 3.21. The quantitative estimate of drug-likeness (QED) is 0.872. The summed E-state index contributed by atoms with van der Waals surface area (Å²) in [6.45, 7) is 2.22. The summed E-state index contributed by atoms with van der Waals surface area (Å²) >= 11 is 5.81. The van der Waals surface area contributed by atoms with E-state index in [0.717, 1.165) is 6.07 Å². The Hall–Kier alpha value is -1.15. The average molecular weight is 334 g/mol. The van der Waals surface area contributed by atoms with Gasteiger partial charge < -0.3 is 10.2 Å². The van der Waals surface area contributed by atoms with E-state index >= 15 is 0 Å². The van der Waals surface area contributed by atoms with E-state index in [-0.39, 0.29) is 27.9 Å². The van der Waals surface area contributed by atoms with Gasteiger partial charge in [-0.15, -0.1) is 0 Å². The van der Waals surface area contributed by atoms with Gasteiger partial charge in [0.15, 0.2) is 0 Å². The van der Waals surface area contributed by atoms with Gasteiger partial charge in [-0.25, -0.2) is 13.2 Å². The predicted octanol–water partition coefficient (Wildman–Crippen LogP) is 1.43. The van der Waals surface area contributed by atoms with Crippen molar-refractivity contribution < 1.29 is 23.4 Å². The van der Waals surface area contributed by atoms with Crippen LogP contribution in [-0.2, 0) is 10.0 Å². The summed E-state index contributed by atoms with van der Waals surface area (Å²) in [5, 5.41) is 18.6. The third-order valence-electron chi connectivity index (χ3n) is 3.69. The maximum atomic E-state index is 12.5. The third-order valence-corrected chi connectivity index (χ3v) is 5.86. The molecular formula is C13H16ClNO5S. The van der Waals surface area contributed by atoms with E-state index in [1.54, 1.807) is 0 Å². The van der Waals surface area contributed by atoms with Crippen LogP contribution in [0.4, 0.5) is 0 Å². The minimum Gasteiger partial charge on any atom is -0.478 e. The molecule has 1 aromatic rings. The second-order valence-electron chi connectivity index (χ2n) is 5.14. The molecule has 21 heavy (non-hydrogen) atoms. The first-order valence-corrected chi connectivity index (χ1v) is 8.26. The Bertz CT molecular complexity index is 661. The van der Waals surface area contributed by atoms with Gasteiger partial charge in [0.1, 0.15) is 0 Å². The Morgan fingerprint density at radius 1 is 1.43 bits per heavy atom. The summed E-state index contributed by atoms with van der Waals surface area (Å²) in [5.41, 5.74) is -0.150. The Balaban J connectivity index is 2.32. The van der Waals surface area contributed by atoms with Crippen molar-refractivity contribution in [2.75, 3.05) is 13.1 Å². The number of benzene rings is 1. The number of carboxylic acids is 1. The Labute approximate surface area is 128 Å². The van der Waals surface area contributed by atoms with Gasteiger partial charge >= 0.3 is 5.97 Å². The van der Waals surface area contributed by atoms with E-state index in [4.69, 9.17) is 16.7 Å². The van der Waals surface area contributed by atoms with Crippen molar-refractivity contribution >= 4 is 27.6 Å². The van der Waals surface area contributed by atoms with E-state index in [2.05, 4.69) is 0 Å². The van der Waals surface area contributed by atoms with E-state index in [1.165, 1.54) is 16.4 Å². The molecule has 1 saturated heterocycles. The fourth-order valence-electron chi connectivity index (χ4n) is 2.22. The molecule has 2 N–H and O–H groups in total. The van der Waals surface area contributed by atoms with Crippen LogP contribution >= 0.6 is 11.6 Å². The molecule has 1 aliphatic rings. The fraction of sp³-hybridized carbons (Fsp3) is 0.462. The average Bonchev–Trinajstić information content (AvgIpc) is 2.41. The van der Waals surface area contributed by atoms with Gasteiger partial charge in [0.25, 0.3) is 0 Å². The lowest BCUT2D eigenvalue weighted by atomic mass is 9.98. The second kappa shape index (κ2) is 5.92. The maximum absolute atomic E-state index is 12.5. The first-order valence-electron chi connectivity index (χ1n) is 6.44. The Morgan fingerprint density at radius 2 is 2.10 bits per heavy atom. The molecule has 0 aromatic heterocycles. The number of carboxylic acid groups (broad SMARTS) is 1. The summed E-state index contributed by atoms with van der Waals surface area (Å²) in [5.74, 6) is -1.17. The molecule has 0 saturated carbocycles. The topological polar surface area (TPSA) is 94.9 Å². The molecule has 0 bridgehead atoms. The largest absolute Gasteiger partial charge is 0.478 e. The molecule has 6 nitrogen and oxygen atoms in total. The number of β-amino-alcohol motifs (C(OH)–C–C–N with tert-alkyl or cyclic N) is 1. The van der Waals surface area contributed by atoms with Gasteiger partial charge in [0.2, 0.25) is 10.0 Å². The summed E-state index contributed by atoms with van der Waals surface area (Å²) in [6, 6.07) is 3.51. The number of aliphatic hydroxyl groups is 1. The molecule has 2 atom stereocenters. The van der Waals surface area contributed by atoms with Gasteiger partial charge in [0.05, 0.1) is 21.6 Å². The van der Waals surface area contributed by atoms with Crippen LogP contribution in [0.1, 0.15) is 23.7 Å². The van der Waals surface area contributed by atoms with Crippen LogP contribution in [0.3, 0.4) is 0 Å². The van der Waals surface area contributed by atoms with Crippen LogP contribution < -0.4 is 0 Å². The van der Waals surface area contributed by atoms with Gasteiger partial charge in [-0.05, 0) is 30.5 Å². The molecular weight excluding hydrogens is 318 g/mol. The van der Waals surface area contributed by atoms with Crippen LogP contribution in [0.5, 0.6) is 0 Å². The van der Waals surface area contributed by atoms with Gasteiger partial charge in [-0.2, -0.15) is 4.31 Å². The normalized spacial score (nSPS) is 24.0. The van der Waals surface area contributed by atoms with Gasteiger partial charge in [0, 0.05) is 13.1 Å². The second-order valence-corrected chi connectivity index (χ2v) is 7.49. The van der Waals surface area contributed by atoms with Crippen LogP contribution in [-0.4, -0.2) is 48.1 Å². The summed E-state index contributed by atoms with van der Waals surface area (Å²) in [6.07, 6.45) is -0.135. The lowest BCUT2D eigenvalue weighted by Crippen LogP contribution is -2.45. The fourth-order valence-corrected chi connectivity index (χ4v) is 4.04. The highest BCUT2D eigenvalue weighted by molar-refractivity contribution is 7.89. The van der Waals surface area contributed by atoms with Crippen LogP contribution in [0.25, 0.3) is 0 Å². The zero-order valence-electron chi connectivity index (χ0n) is 11.4. The van der Waals surface area contributed by atoms with E-state index < -0.39 is 22.1 Å². The summed E-state index contributed by atoms with van der Waals surface area (Å²) < 4.78 is 26.2. The smallest absolute Gasteiger partial charge is 0.337 e. The lowest BCUT2D eigenvalue weighted by Gasteiger charge is -2.33. The van der Waals surface area contributed by atoms with Crippen molar-refractivity contribution in [1.29, 1.82) is 0 Å². The van der Waals surface area contributed by atoms with Crippen LogP contribution in [0.2, 0.25) is 5.02 Å². The number of hydrogen-bond acceptors (Lipinski definition) is 4. The molecule has 0 amide bonds. The number of rotatable bonds is 3. The van der Waals surface area contributed by atoms with E-state index in [0.29, 0.717) is 13.0 Å². The SMILES string of the molecule is CC1CCN(S(=O)(=O)c2ccc(C(=O)O)c(Cl)c2)CC1O. The highest BCUT2D eigenvalue weighted by Gasteiger charge is 2.33. The Morgan fingerprint density at radius 3 is 2.62 bits per heavy atom. The molecule has 0 radical (unpaired) electrons. The molecule has 1 fully saturated rings.